The lowest BCUT2D eigenvalue weighted by Gasteiger charge is -2.51. The molecule has 2 aromatic heterocycles. The van der Waals surface area contributed by atoms with E-state index in [9.17, 15) is 45.8 Å². The highest BCUT2D eigenvalue weighted by atomic mass is 32.1. The van der Waals surface area contributed by atoms with E-state index in [4.69, 9.17) is 15.2 Å². The monoisotopic (exact) mass is 798 g/mol. The number of carbonyl (C=O) groups is 3. The highest BCUT2D eigenvalue weighted by Crippen LogP contribution is 2.44. The van der Waals surface area contributed by atoms with Crippen molar-refractivity contribution in [2.24, 2.45) is 11.7 Å². The first-order valence-electron chi connectivity index (χ1n) is 18.5. The van der Waals surface area contributed by atoms with E-state index >= 15 is 0 Å². The normalized spacial score (nSPS) is 25.9. The molecule has 1 saturated carbocycles. The van der Waals surface area contributed by atoms with Crippen molar-refractivity contribution < 1.29 is 55.3 Å². The van der Waals surface area contributed by atoms with Crippen molar-refractivity contribution in [2.45, 2.75) is 113 Å². The molecule has 0 aromatic carbocycles. The van der Waals surface area contributed by atoms with Crippen LogP contribution in [-0.2, 0) is 26.7 Å². The number of allylic oxidation sites excluding steroid dienone is 2. The van der Waals surface area contributed by atoms with Gasteiger partial charge in [-0.2, -0.15) is 26.3 Å². The van der Waals surface area contributed by atoms with Crippen molar-refractivity contribution in [2.75, 3.05) is 19.6 Å². The van der Waals surface area contributed by atoms with Crippen LogP contribution in [0.1, 0.15) is 98.5 Å². The van der Waals surface area contributed by atoms with Crippen LogP contribution in [0.4, 0.5) is 26.3 Å². The van der Waals surface area contributed by atoms with Gasteiger partial charge in [0.2, 0.25) is 5.60 Å². The summed E-state index contributed by atoms with van der Waals surface area (Å²) in [6.07, 6.45) is -1.00. The molecular formula is C38H44F6N4O6S. The summed E-state index contributed by atoms with van der Waals surface area (Å²) in [7, 11) is 0. The summed E-state index contributed by atoms with van der Waals surface area (Å²) >= 11 is 0.383. The molecule has 2 aliphatic carbocycles. The number of hydrogen-bond acceptors (Lipinski definition) is 8. The zero-order chi connectivity index (χ0) is 39.8. The van der Waals surface area contributed by atoms with E-state index in [1.807, 2.05) is 12.2 Å². The molecule has 2 aliphatic heterocycles. The van der Waals surface area contributed by atoms with Gasteiger partial charge in [0.15, 0.2) is 0 Å². The lowest BCUT2D eigenvalue weighted by molar-refractivity contribution is -0.160. The zero-order valence-corrected chi connectivity index (χ0v) is 31.1. The topological polar surface area (TPSA) is 135 Å². The number of thiophene rings is 1. The van der Waals surface area contributed by atoms with E-state index in [0.717, 1.165) is 40.2 Å². The van der Waals surface area contributed by atoms with E-state index in [1.54, 1.807) is 6.92 Å². The lowest BCUT2D eigenvalue weighted by Crippen LogP contribution is -2.69. The summed E-state index contributed by atoms with van der Waals surface area (Å²) in [5, 5.41) is 10.6. The number of nitrogens with two attached hydrogens (primary N) is 1. The number of carbonyl (C=O) groups excluding carboxylic acids is 2. The number of likely N-dealkylation sites (tertiary alicyclic amines) is 2. The minimum absolute atomic E-state index is 0.0132. The van der Waals surface area contributed by atoms with E-state index in [0.29, 0.717) is 55.6 Å². The Morgan fingerprint density at radius 1 is 1.07 bits per heavy atom. The van der Waals surface area contributed by atoms with Crippen molar-refractivity contribution in [3.05, 3.63) is 69.4 Å². The third-order valence-corrected chi connectivity index (χ3v) is 12.1. The maximum Gasteiger partial charge on any atom is 0.425 e. The Labute approximate surface area is 318 Å². The van der Waals surface area contributed by atoms with Crippen LogP contribution in [0.5, 0.6) is 5.75 Å². The second kappa shape index (κ2) is 15.8. The smallest absolute Gasteiger partial charge is 0.425 e. The molecule has 6 rings (SSSR count). The molecule has 0 bridgehead atoms. The van der Waals surface area contributed by atoms with Crippen LogP contribution >= 0.6 is 11.3 Å². The van der Waals surface area contributed by atoms with Crippen LogP contribution in [-0.4, -0.2) is 80.6 Å². The second-order valence-corrected chi connectivity index (χ2v) is 15.7. The molecule has 0 spiro atoms. The number of halogens is 6. The zero-order valence-electron chi connectivity index (χ0n) is 30.3. The van der Waals surface area contributed by atoms with Crippen LogP contribution in [0.15, 0.2) is 53.3 Å². The van der Waals surface area contributed by atoms with Gasteiger partial charge in [-0.05, 0) is 63.5 Å². The van der Waals surface area contributed by atoms with Gasteiger partial charge in [-0.25, -0.2) is 0 Å². The minimum atomic E-state index is -4.90. The van der Waals surface area contributed by atoms with E-state index in [1.165, 1.54) is 4.90 Å². The number of nitrogens with zero attached hydrogens (tertiary/aromatic N) is 3. The van der Waals surface area contributed by atoms with Crippen molar-refractivity contribution in [1.82, 2.24) is 14.8 Å². The van der Waals surface area contributed by atoms with E-state index in [-0.39, 0.29) is 63.6 Å². The van der Waals surface area contributed by atoms with Crippen LogP contribution in [0.3, 0.4) is 0 Å². The fraction of sp³-hybridized carbons (Fsp3) is 0.579. The Kier molecular flexibility index (Phi) is 11.6. The molecule has 2 saturated heterocycles. The SMILES string of the molecule is CCC[C@H]1N(C(=O)c2ncccc2C(F)(F)F)CCC[C@@]1(Oc1csc(C(F)(F)F)c1)C(=O)N1CCC(N)(C2=C(O[C@H]3CC[C@@H](C(=O)O)C3)CCC=C2)CC1. The molecule has 55 heavy (non-hydrogen) atoms. The number of amides is 2. The number of carboxylic acids is 1. The number of piperidine rings is 2. The van der Waals surface area contributed by atoms with Crippen LogP contribution in [0.2, 0.25) is 0 Å². The van der Waals surface area contributed by atoms with Crippen molar-refractivity contribution in [1.29, 1.82) is 0 Å². The molecule has 3 N–H and O–H groups in total. The average Bonchev–Trinajstić information content (AvgIpc) is 3.82. The number of ether oxygens (including phenoxy) is 2. The van der Waals surface area contributed by atoms with Gasteiger partial charge < -0.3 is 30.1 Å². The molecule has 4 aliphatic rings. The summed E-state index contributed by atoms with van der Waals surface area (Å²) in [6, 6.07) is 1.45. The van der Waals surface area contributed by atoms with E-state index < -0.39 is 69.4 Å². The van der Waals surface area contributed by atoms with Gasteiger partial charge in [0.1, 0.15) is 22.1 Å². The molecule has 4 atom stereocenters. The van der Waals surface area contributed by atoms with E-state index in [2.05, 4.69) is 4.98 Å². The maximum absolute atomic E-state index is 15.0. The Bertz CT molecular complexity index is 1820. The predicted molar refractivity (Wildman–Crippen MR) is 189 cm³/mol. The molecule has 2 amide bonds. The molecule has 3 fully saturated rings. The molecule has 17 heteroatoms. The van der Waals surface area contributed by atoms with Crippen LogP contribution in [0, 0.1) is 5.92 Å². The quantitative estimate of drug-likeness (QED) is 0.235. The summed E-state index contributed by atoms with van der Waals surface area (Å²) in [5.41, 5.74) is 2.86. The first-order valence-corrected chi connectivity index (χ1v) is 19.4. The molecule has 10 nitrogen and oxygen atoms in total. The summed E-state index contributed by atoms with van der Waals surface area (Å²) in [6.45, 7) is 1.95. The first-order chi connectivity index (χ1) is 26.0. The number of hydrogen-bond donors (Lipinski definition) is 2. The fourth-order valence-corrected chi connectivity index (χ4v) is 9.08. The number of rotatable bonds is 10. The summed E-state index contributed by atoms with van der Waals surface area (Å²) in [4.78, 5) is 46.1. The summed E-state index contributed by atoms with van der Waals surface area (Å²) in [5.74, 6) is -2.54. The fourth-order valence-electron chi connectivity index (χ4n) is 8.40. The van der Waals surface area contributed by atoms with Crippen molar-refractivity contribution in [3.63, 3.8) is 0 Å². The third-order valence-electron chi connectivity index (χ3n) is 11.2. The Morgan fingerprint density at radius 3 is 2.45 bits per heavy atom. The van der Waals surface area contributed by atoms with Gasteiger partial charge in [0.25, 0.3) is 11.8 Å². The highest BCUT2D eigenvalue weighted by molar-refractivity contribution is 7.10. The van der Waals surface area contributed by atoms with Crippen LogP contribution < -0.4 is 10.5 Å². The molecule has 2 aromatic rings. The van der Waals surface area contributed by atoms with Gasteiger partial charge in [-0.3, -0.25) is 19.4 Å². The van der Waals surface area contributed by atoms with Gasteiger partial charge >= 0.3 is 18.3 Å². The third kappa shape index (κ3) is 8.37. The van der Waals surface area contributed by atoms with Gasteiger partial charge in [0, 0.05) is 61.2 Å². The highest BCUT2D eigenvalue weighted by Gasteiger charge is 2.57. The predicted octanol–water partition coefficient (Wildman–Crippen LogP) is 7.60. The number of aliphatic carboxylic acids is 1. The van der Waals surface area contributed by atoms with Gasteiger partial charge in [-0.15, -0.1) is 11.3 Å². The molecule has 4 heterocycles. The van der Waals surface area contributed by atoms with Gasteiger partial charge in [0.05, 0.1) is 23.6 Å². The molecule has 0 radical (unpaired) electrons. The number of carboxylic acid groups (broad SMARTS) is 1. The molecular weight excluding hydrogens is 754 g/mol. The van der Waals surface area contributed by atoms with Crippen molar-refractivity contribution in [3.8, 4) is 5.75 Å². The number of aromatic nitrogens is 1. The van der Waals surface area contributed by atoms with Gasteiger partial charge in [-0.1, -0.05) is 25.5 Å². The van der Waals surface area contributed by atoms with Crippen LogP contribution in [0.25, 0.3) is 0 Å². The lowest BCUT2D eigenvalue weighted by atomic mass is 9.76. The molecule has 0 unspecified atom stereocenters. The first kappa shape index (κ1) is 40.5. The second-order valence-electron chi connectivity index (χ2n) is 14.8. The largest absolute Gasteiger partial charge is 0.494 e. The molecule has 300 valence electrons. The summed E-state index contributed by atoms with van der Waals surface area (Å²) < 4.78 is 96.0. The number of alkyl halides is 6. The number of pyridine rings is 1. The van der Waals surface area contributed by atoms with Crippen molar-refractivity contribution >= 4 is 29.1 Å². The standard InChI is InChI=1S/C38H44F6N4O6S/c1-2-7-29-36(54-25-21-30(55-22-25)38(42,43)44,13-6-17-48(29)32(49)31-27(37(39,40)41)9-5-16-46-31)34(52)47-18-14-35(45,15-19-47)26-8-3-4-10-28(26)53-24-12-11-23(20-24)33(50)51/h3,5,8-9,16,21-24,29H,2,4,6-7,10-15,17-20,45H2,1H3,(H,50,51)/t23-,24+,29-,36+/m1/s1. The Morgan fingerprint density at radius 2 is 1.82 bits per heavy atom. The maximum atomic E-state index is 15.0. The Hall–Kier alpha value is -4.12. The minimum Gasteiger partial charge on any atom is -0.494 e. The average molecular weight is 799 g/mol. The Balaban J connectivity index is 1.31.